The topological polar surface area (TPSA) is 206 Å². The van der Waals surface area contributed by atoms with Gasteiger partial charge >= 0.3 is 0 Å². The molecule has 2 amide bonds. The lowest BCUT2D eigenvalue weighted by Crippen LogP contribution is -2.32. The SMILES string of the molecule is N#CC(/C(=N\NC(=O)c1ccncc1)C(=O)Nc1ccc([N+](=O)[O-])cc1[N+](=O)[O-])c1nc(-c2ccc(Br)cc2)cs1. The van der Waals surface area contributed by atoms with Crippen molar-refractivity contribution >= 4 is 61.9 Å². The lowest BCUT2D eigenvalue weighted by atomic mass is 10.0. The van der Waals surface area contributed by atoms with E-state index >= 15 is 0 Å². The van der Waals surface area contributed by atoms with Crippen molar-refractivity contribution in [1.82, 2.24) is 15.4 Å². The summed E-state index contributed by atoms with van der Waals surface area (Å²) < 4.78 is 0.850. The predicted molar refractivity (Wildman–Crippen MR) is 151 cm³/mol. The molecule has 2 aromatic heterocycles. The molecule has 0 spiro atoms. The molecule has 1 atom stereocenters. The number of nitro benzene ring substituents is 2. The van der Waals surface area contributed by atoms with Gasteiger partial charge in [-0.25, -0.2) is 10.4 Å². The van der Waals surface area contributed by atoms with Crippen LogP contribution in [-0.4, -0.2) is 37.3 Å². The molecule has 1 unspecified atom stereocenters. The van der Waals surface area contributed by atoms with Crippen molar-refractivity contribution in [2.45, 2.75) is 5.92 Å². The number of hydrogen-bond donors (Lipinski definition) is 2. The van der Waals surface area contributed by atoms with Crippen molar-refractivity contribution < 1.29 is 19.4 Å². The number of pyridine rings is 1. The van der Waals surface area contributed by atoms with E-state index in [0.29, 0.717) is 11.8 Å². The maximum atomic E-state index is 13.4. The van der Waals surface area contributed by atoms with Gasteiger partial charge in [-0.1, -0.05) is 28.1 Å². The molecule has 2 heterocycles. The highest BCUT2D eigenvalue weighted by Crippen LogP contribution is 2.31. The zero-order valence-corrected chi connectivity index (χ0v) is 22.8. The van der Waals surface area contributed by atoms with Gasteiger partial charge in [-0.15, -0.1) is 11.3 Å². The van der Waals surface area contributed by atoms with Crippen molar-refractivity contribution in [3.63, 3.8) is 0 Å². The summed E-state index contributed by atoms with van der Waals surface area (Å²) in [6.07, 6.45) is 2.74. The molecule has 2 N–H and O–H groups in total. The fourth-order valence-corrected chi connectivity index (χ4v) is 4.55. The summed E-state index contributed by atoms with van der Waals surface area (Å²) >= 11 is 4.42. The Bertz CT molecular complexity index is 1720. The molecule has 0 radical (unpaired) electrons. The average Bonchev–Trinajstić information content (AvgIpc) is 3.45. The quantitative estimate of drug-likeness (QED) is 0.147. The fourth-order valence-electron chi connectivity index (χ4n) is 3.41. The number of nitrogens with zero attached hydrogens (tertiary/aromatic N) is 6. The second-order valence-electron chi connectivity index (χ2n) is 7.98. The van der Waals surface area contributed by atoms with Gasteiger partial charge in [-0.2, -0.15) is 10.4 Å². The Morgan fingerprint density at radius 2 is 1.76 bits per heavy atom. The molecule has 204 valence electrons. The van der Waals surface area contributed by atoms with Crippen LogP contribution in [0, 0.1) is 31.6 Å². The minimum absolute atomic E-state index is 0.162. The Hall–Kier alpha value is -5.40. The Balaban J connectivity index is 1.71. The monoisotopic (exact) mass is 634 g/mol. The second kappa shape index (κ2) is 12.6. The Morgan fingerprint density at radius 3 is 2.39 bits per heavy atom. The summed E-state index contributed by atoms with van der Waals surface area (Å²) in [6.45, 7) is 0. The third-order valence-electron chi connectivity index (χ3n) is 5.40. The first-order valence-corrected chi connectivity index (χ1v) is 13.0. The number of carbonyl (C=O) groups is 2. The first-order valence-electron chi connectivity index (χ1n) is 11.3. The van der Waals surface area contributed by atoms with Gasteiger partial charge < -0.3 is 5.32 Å². The number of benzene rings is 2. The number of carbonyl (C=O) groups excluding carboxylic acids is 2. The number of hydrazone groups is 1. The third-order valence-corrected chi connectivity index (χ3v) is 6.84. The first-order chi connectivity index (χ1) is 19.7. The van der Waals surface area contributed by atoms with Crippen LogP contribution in [0.2, 0.25) is 0 Å². The molecule has 4 aromatic rings. The highest BCUT2D eigenvalue weighted by Gasteiger charge is 2.30. The maximum absolute atomic E-state index is 13.4. The summed E-state index contributed by atoms with van der Waals surface area (Å²) in [4.78, 5) is 55.2. The number of aromatic nitrogens is 2. The van der Waals surface area contributed by atoms with Crippen LogP contribution in [0.4, 0.5) is 17.1 Å². The van der Waals surface area contributed by atoms with E-state index in [9.17, 15) is 35.1 Å². The second-order valence-corrected chi connectivity index (χ2v) is 9.79. The smallest absolute Gasteiger partial charge is 0.299 e. The summed E-state index contributed by atoms with van der Waals surface area (Å²) in [5, 5.41) is 40.7. The minimum atomic E-state index is -1.40. The molecule has 0 saturated heterocycles. The van der Waals surface area contributed by atoms with Crippen LogP contribution in [0.25, 0.3) is 11.3 Å². The van der Waals surface area contributed by atoms with Gasteiger partial charge in [0.15, 0.2) is 0 Å². The van der Waals surface area contributed by atoms with E-state index in [-0.39, 0.29) is 16.3 Å². The summed E-state index contributed by atoms with van der Waals surface area (Å²) in [5.74, 6) is -3.20. The number of non-ortho nitro benzene ring substituents is 1. The van der Waals surface area contributed by atoms with Crippen LogP contribution in [0.3, 0.4) is 0 Å². The lowest BCUT2D eigenvalue weighted by molar-refractivity contribution is -0.393. The van der Waals surface area contributed by atoms with Gasteiger partial charge in [0.25, 0.3) is 23.2 Å². The highest BCUT2D eigenvalue weighted by molar-refractivity contribution is 9.10. The number of rotatable bonds is 9. The van der Waals surface area contributed by atoms with E-state index in [0.717, 1.165) is 33.5 Å². The van der Waals surface area contributed by atoms with Crippen molar-refractivity contribution in [3.05, 3.63) is 108 Å². The number of hydrogen-bond acceptors (Lipinski definition) is 11. The molecule has 16 heteroatoms. The molecular weight excluding hydrogens is 620 g/mol. The lowest BCUT2D eigenvalue weighted by Gasteiger charge is -2.12. The third kappa shape index (κ3) is 6.79. The van der Waals surface area contributed by atoms with Gasteiger partial charge in [0.05, 0.1) is 27.7 Å². The number of halogens is 1. The fraction of sp³-hybridized carbons (Fsp3) is 0.0400. The minimum Gasteiger partial charge on any atom is -0.315 e. The molecule has 0 saturated carbocycles. The molecule has 0 aliphatic heterocycles. The number of nitriles is 1. The van der Waals surface area contributed by atoms with Crippen LogP contribution in [0.1, 0.15) is 21.3 Å². The average molecular weight is 635 g/mol. The zero-order valence-electron chi connectivity index (χ0n) is 20.4. The molecule has 41 heavy (non-hydrogen) atoms. The van der Waals surface area contributed by atoms with E-state index < -0.39 is 44.7 Å². The summed E-state index contributed by atoms with van der Waals surface area (Å²) in [6, 6.07) is 14.6. The highest BCUT2D eigenvalue weighted by atomic mass is 79.9. The number of nitro groups is 2. The van der Waals surface area contributed by atoms with Gasteiger partial charge in [0, 0.05) is 39.4 Å². The van der Waals surface area contributed by atoms with Crippen LogP contribution in [-0.2, 0) is 4.79 Å². The van der Waals surface area contributed by atoms with E-state index in [1.165, 1.54) is 24.5 Å². The van der Waals surface area contributed by atoms with E-state index in [2.05, 4.69) is 41.7 Å². The molecule has 0 aliphatic carbocycles. The Labute approximate surface area is 242 Å². The van der Waals surface area contributed by atoms with Crippen LogP contribution in [0.15, 0.2) is 81.9 Å². The molecule has 4 rings (SSSR count). The van der Waals surface area contributed by atoms with Gasteiger partial charge in [0.2, 0.25) is 0 Å². The number of thiazole rings is 1. The van der Waals surface area contributed by atoms with E-state index in [1.807, 2.05) is 18.2 Å². The Kier molecular flexibility index (Phi) is 8.82. The Morgan fingerprint density at radius 1 is 1.05 bits per heavy atom. The standard InChI is InChI=1S/C25H15BrN8O6S/c26-16-3-1-14(2-4-16)20-13-41-25(30-20)18(12-27)22(31-32-23(35)15-7-9-28-10-8-15)24(36)29-19-6-5-17(33(37)38)11-21(19)34(39)40/h1-11,13,18H,(H,29,36)(H,32,35)/b31-22+. The van der Waals surface area contributed by atoms with E-state index in [1.54, 1.807) is 17.5 Å². The number of nitrogens with one attached hydrogen (secondary N) is 2. The van der Waals surface area contributed by atoms with Crippen LogP contribution < -0.4 is 10.7 Å². The number of amides is 2. The van der Waals surface area contributed by atoms with Gasteiger partial charge in [0.1, 0.15) is 22.3 Å². The van der Waals surface area contributed by atoms with Gasteiger partial charge in [-0.3, -0.25) is 34.8 Å². The predicted octanol–water partition coefficient (Wildman–Crippen LogP) is 4.82. The van der Waals surface area contributed by atoms with Crippen LogP contribution >= 0.6 is 27.3 Å². The molecule has 14 nitrogen and oxygen atoms in total. The van der Waals surface area contributed by atoms with E-state index in [4.69, 9.17) is 0 Å². The molecule has 0 bridgehead atoms. The van der Waals surface area contributed by atoms with Crippen molar-refractivity contribution in [1.29, 1.82) is 5.26 Å². The maximum Gasteiger partial charge on any atom is 0.299 e. The molecule has 2 aromatic carbocycles. The molecule has 0 fully saturated rings. The van der Waals surface area contributed by atoms with Crippen molar-refractivity contribution in [3.8, 4) is 17.3 Å². The summed E-state index contributed by atoms with van der Waals surface area (Å²) in [5.41, 5.74) is 1.40. The van der Waals surface area contributed by atoms with Crippen molar-refractivity contribution in [2.75, 3.05) is 5.32 Å². The summed E-state index contributed by atoms with van der Waals surface area (Å²) in [7, 11) is 0. The van der Waals surface area contributed by atoms with Crippen LogP contribution in [0.5, 0.6) is 0 Å². The largest absolute Gasteiger partial charge is 0.315 e. The van der Waals surface area contributed by atoms with Crippen molar-refractivity contribution in [2.24, 2.45) is 5.10 Å². The molecule has 0 aliphatic rings. The normalized spacial score (nSPS) is 11.7. The van der Waals surface area contributed by atoms with Gasteiger partial charge in [-0.05, 0) is 30.3 Å². The molecular formula is C25H15BrN8O6S. The zero-order chi connectivity index (χ0) is 29.5. The number of anilines is 1. The first kappa shape index (κ1) is 28.6.